The fourth-order valence-corrected chi connectivity index (χ4v) is 3.66. The molecule has 0 aromatic heterocycles. The molecule has 0 atom stereocenters. The Morgan fingerprint density at radius 2 is 1.81 bits per heavy atom. The number of carbonyl (C=O) groups excluding carboxylic acids is 1. The first-order valence-electron chi connectivity index (χ1n) is 8.48. The summed E-state index contributed by atoms with van der Waals surface area (Å²) in [6, 6.07) is 9.89. The molecule has 136 valence electrons. The lowest BCUT2D eigenvalue weighted by molar-refractivity contribution is -0.136. The average Bonchev–Trinajstić information content (AvgIpc) is 3.05. The molecule has 0 aliphatic heterocycles. The zero-order valence-electron chi connectivity index (χ0n) is 14.1. The lowest BCUT2D eigenvalue weighted by atomic mass is 9.77. The Labute approximate surface area is 149 Å². The number of amides is 1. The second-order valence-electron chi connectivity index (χ2n) is 6.64. The Bertz CT molecular complexity index is 845. The number of halogens is 2. The minimum atomic E-state index is -1.04. The van der Waals surface area contributed by atoms with Crippen LogP contribution in [0, 0.1) is 11.6 Å². The van der Waals surface area contributed by atoms with Crippen molar-refractivity contribution in [3.63, 3.8) is 0 Å². The topological polar surface area (TPSA) is 66.4 Å². The Balaban J connectivity index is 1.89. The lowest BCUT2D eigenvalue weighted by Gasteiger charge is -2.28. The molecule has 1 aliphatic carbocycles. The van der Waals surface area contributed by atoms with Gasteiger partial charge in [0.05, 0.1) is 11.8 Å². The quantitative estimate of drug-likeness (QED) is 0.847. The Kier molecular flexibility index (Phi) is 5.02. The Morgan fingerprint density at radius 1 is 1.08 bits per heavy atom. The van der Waals surface area contributed by atoms with E-state index < -0.39 is 23.0 Å². The molecule has 2 aromatic rings. The minimum absolute atomic E-state index is 0.151. The van der Waals surface area contributed by atoms with Gasteiger partial charge >= 0.3 is 5.97 Å². The molecule has 2 N–H and O–H groups in total. The van der Waals surface area contributed by atoms with Gasteiger partial charge in [0.2, 0.25) is 5.91 Å². The van der Waals surface area contributed by atoms with Crippen LogP contribution >= 0.6 is 0 Å². The van der Waals surface area contributed by atoms with Crippen LogP contribution < -0.4 is 5.32 Å². The SMILES string of the molecule is O=C(O)Cc1cccc(NC(=O)C2(c3ccc(F)cc3F)CCCC2)c1. The summed E-state index contributed by atoms with van der Waals surface area (Å²) in [6.45, 7) is 0. The molecule has 1 saturated carbocycles. The molecule has 0 bridgehead atoms. The number of benzene rings is 2. The summed E-state index contributed by atoms with van der Waals surface area (Å²) in [4.78, 5) is 23.9. The van der Waals surface area contributed by atoms with Gasteiger partial charge in [0.15, 0.2) is 0 Å². The molecule has 0 saturated heterocycles. The number of carbonyl (C=O) groups is 2. The van der Waals surface area contributed by atoms with Crippen molar-refractivity contribution >= 4 is 17.6 Å². The van der Waals surface area contributed by atoms with Crippen LogP contribution in [0.5, 0.6) is 0 Å². The van der Waals surface area contributed by atoms with E-state index >= 15 is 0 Å². The van der Waals surface area contributed by atoms with Gasteiger partial charge in [-0.1, -0.05) is 31.0 Å². The molecule has 6 heteroatoms. The number of carboxylic acids is 1. The first-order chi connectivity index (χ1) is 12.4. The van der Waals surface area contributed by atoms with E-state index in [4.69, 9.17) is 5.11 Å². The van der Waals surface area contributed by atoms with Gasteiger partial charge in [-0.3, -0.25) is 9.59 Å². The van der Waals surface area contributed by atoms with E-state index in [2.05, 4.69) is 5.32 Å². The van der Waals surface area contributed by atoms with Crippen LogP contribution in [0.3, 0.4) is 0 Å². The highest BCUT2D eigenvalue weighted by Gasteiger charge is 2.44. The number of hydrogen-bond donors (Lipinski definition) is 2. The van der Waals surface area contributed by atoms with Gasteiger partial charge in [-0.05, 0) is 36.6 Å². The van der Waals surface area contributed by atoms with E-state index in [1.54, 1.807) is 24.3 Å². The summed E-state index contributed by atoms with van der Waals surface area (Å²) in [5.41, 5.74) is 0.183. The summed E-state index contributed by atoms with van der Waals surface area (Å²) >= 11 is 0. The smallest absolute Gasteiger partial charge is 0.307 e. The molecular weight excluding hydrogens is 340 g/mol. The first kappa shape index (κ1) is 18.0. The fraction of sp³-hybridized carbons (Fsp3) is 0.300. The zero-order chi connectivity index (χ0) is 18.7. The maximum atomic E-state index is 14.4. The highest BCUT2D eigenvalue weighted by molar-refractivity contribution is 5.99. The first-order valence-corrected chi connectivity index (χ1v) is 8.48. The standard InChI is InChI=1S/C20H19F2NO3/c21-14-6-7-16(17(22)12-14)20(8-1-2-9-20)19(26)23-15-5-3-4-13(10-15)11-18(24)25/h3-7,10,12H,1-2,8-9,11H2,(H,23,26)(H,24,25). The van der Waals surface area contributed by atoms with Gasteiger partial charge < -0.3 is 10.4 Å². The molecular formula is C20H19F2NO3. The largest absolute Gasteiger partial charge is 0.481 e. The lowest BCUT2D eigenvalue weighted by Crippen LogP contribution is -2.38. The second-order valence-corrected chi connectivity index (χ2v) is 6.64. The minimum Gasteiger partial charge on any atom is -0.481 e. The van der Waals surface area contributed by atoms with Gasteiger partial charge in [-0.15, -0.1) is 0 Å². The molecule has 0 spiro atoms. The van der Waals surface area contributed by atoms with E-state index in [9.17, 15) is 18.4 Å². The Hall–Kier alpha value is -2.76. The summed E-state index contributed by atoms with van der Waals surface area (Å²) in [6.07, 6.45) is 2.38. The molecule has 3 rings (SSSR count). The summed E-state index contributed by atoms with van der Waals surface area (Å²) in [5, 5.41) is 11.7. The van der Waals surface area contributed by atoms with Crippen LogP contribution in [0.25, 0.3) is 0 Å². The molecule has 0 radical (unpaired) electrons. The number of nitrogens with one attached hydrogen (secondary N) is 1. The van der Waals surface area contributed by atoms with Crippen molar-refractivity contribution in [3.8, 4) is 0 Å². The molecule has 4 nitrogen and oxygen atoms in total. The third kappa shape index (κ3) is 3.59. The van der Waals surface area contributed by atoms with Gasteiger partial charge in [-0.2, -0.15) is 0 Å². The monoisotopic (exact) mass is 359 g/mol. The van der Waals surface area contributed by atoms with E-state index in [-0.39, 0.29) is 17.9 Å². The number of aliphatic carboxylic acids is 1. The van der Waals surface area contributed by atoms with Crippen molar-refractivity contribution in [3.05, 3.63) is 65.2 Å². The van der Waals surface area contributed by atoms with Crippen molar-refractivity contribution in [2.45, 2.75) is 37.5 Å². The van der Waals surface area contributed by atoms with Crippen molar-refractivity contribution in [1.29, 1.82) is 0 Å². The van der Waals surface area contributed by atoms with Crippen molar-refractivity contribution < 1.29 is 23.5 Å². The summed E-state index contributed by atoms with van der Waals surface area (Å²) < 4.78 is 27.6. The highest BCUT2D eigenvalue weighted by atomic mass is 19.1. The summed E-state index contributed by atoms with van der Waals surface area (Å²) in [7, 11) is 0. The average molecular weight is 359 g/mol. The van der Waals surface area contributed by atoms with E-state index in [0.717, 1.165) is 18.9 Å². The summed E-state index contributed by atoms with van der Waals surface area (Å²) in [5.74, 6) is -2.72. The Morgan fingerprint density at radius 3 is 2.46 bits per heavy atom. The third-order valence-corrected chi connectivity index (χ3v) is 4.88. The molecule has 2 aromatic carbocycles. The molecule has 1 aliphatic rings. The molecule has 1 fully saturated rings. The predicted molar refractivity (Wildman–Crippen MR) is 92.9 cm³/mol. The normalized spacial score (nSPS) is 15.6. The van der Waals surface area contributed by atoms with Crippen LogP contribution in [0.15, 0.2) is 42.5 Å². The van der Waals surface area contributed by atoms with Gasteiger partial charge in [-0.25, -0.2) is 8.78 Å². The van der Waals surface area contributed by atoms with Gasteiger partial charge in [0, 0.05) is 17.3 Å². The van der Waals surface area contributed by atoms with E-state index in [0.29, 0.717) is 24.1 Å². The van der Waals surface area contributed by atoms with Crippen LogP contribution in [0.4, 0.5) is 14.5 Å². The van der Waals surface area contributed by atoms with E-state index in [1.807, 2.05) is 0 Å². The van der Waals surface area contributed by atoms with Crippen molar-refractivity contribution in [1.82, 2.24) is 0 Å². The van der Waals surface area contributed by atoms with Crippen molar-refractivity contribution in [2.24, 2.45) is 0 Å². The maximum absolute atomic E-state index is 14.4. The molecule has 0 unspecified atom stereocenters. The van der Waals surface area contributed by atoms with Crippen LogP contribution in [0.2, 0.25) is 0 Å². The van der Waals surface area contributed by atoms with Gasteiger partial charge in [0.1, 0.15) is 11.6 Å². The molecule has 0 heterocycles. The predicted octanol–water partition coefficient (Wildman–Crippen LogP) is 4.04. The number of anilines is 1. The maximum Gasteiger partial charge on any atom is 0.307 e. The van der Waals surface area contributed by atoms with Crippen LogP contribution in [-0.4, -0.2) is 17.0 Å². The van der Waals surface area contributed by atoms with Crippen LogP contribution in [0.1, 0.15) is 36.8 Å². The fourth-order valence-electron chi connectivity index (χ4n) is 3.66. The van der Waals surface area contributed by atoms with E-state index in [1.165, 1.54) is 12.1 Å². The number of carboxylic acid groups (broad SMARTS) is 1. The van der Waals surface area contributed by atoms with Gasteiger partial charge in [0.25, 0.3) is 0 Å². The van der Waals surface area contributed by atoms with Crippen LogP contribution in [-0.2, 0) is 21.4 Å². The second kappa shape index (κ2) is 7.23. The molecule has 26 heavy (non-hydrogen) atoms. The molecule has 1 amide bonds. The highest BCUT2D eigenvalue weighted by Crippen LogP contribution is 2.43. The number of rotatable bonds is 5. The third-order valence-electron chi connectivity index (χ3n) is 4.88. The van der Waals surface area contributed by atoms with Crippen molar-refractivity contribution in [2.75, 3.05) is 5.32 Å². The zero-order valence-corrected chi connectivity index (χ0v) is 14.1. The number of hydrogen-bond acceptors (Lipinski definition) is 2.